The first-order valence-corrected chi connectivity index (χ1v) is 6.24. The van der Waals surface area contributed by atoms with Crippen LogP contribution in [0.2, 0.25) is 0 Å². The molecule has 110 valence electrons. The van der Waals surface area contributed by atoms with E-state index in [0.29, 0.717) is 12.2 Å². The second kappa shape index (κ2) is 6.81. The summed E-state index contributed by atoms with van der Waals surface area (Å²) in [6.45, 7) is 0.0124. The van der Waals surface area contributed by atoms with Crippen LogP contribution in [-0.2, 0) is 11.3 Å². The largest absolute Gasteiger partial charge is 0.484 e. The molecule has 0 atom stereocenters. The third kappa shape index (κ3) is 4.54. The van der Waals surface area contributed by atoms with Gasteiger partial charge >= 0.3 is 0 Å². The maximum atomic E-state index is 13.0. The van der Waals surface area contributed by atoms with Gasteiger partial charge in [-0.15, -0.1) is 0 Å². The minimum atomic E-state index is -0.763. The van der Waals surface area contributed by atoms with E-state index in [0.717, 1.165) is 23.8 Å². The Labute approximate surface area is 120 Å². The molecule has 3 N–H and O–H groups in total. The Morgan fingerprint density at radius 2 is 1.86 bits per heavy atom. The summed E-state index contributed by atoms with van der Waals surface area (Å²) in [5, 5.41) is 2.61. The third-order valence-electron chi connectivity index (χ3n) is 2.65. The number of rotatable bonds is 5. The van der Waals surface area contributed by atoms with Crippen LogP contribution in [0.15, 0.2) is 42.5 Å². The maximum Gasteiger partial charge on any atom is 0.262 e. The molecule has 1 amide bonds. The first-order valence-electron chi connectivity index (χ1n) is 6.24. The van der Waals surface area contributed by atoms with Crippen molar-refractivity contribution >= 4 is 11.6 Å². The van der Waals surface area contributed by atoms with Gasteiger partial charge in [0.25, 0.3) is 5.91 Å². The van der Waals surface area contributed by atoms with Crippen molar-refractivity contribution in [2.45, 2.75) is 6.54 Å². The van der Waals surface area contributed by atoms with E-state index in [4.69, 9.17) is 10.5 Å². The third-order valence-corrected chi connectivity index (χ3v) is 2.65. The second-order valence-corrected chi connectivity index (χ2v) is 4.35. The van der Waals surface area contributed by atoms with Gasteiger partial charge < -0.3 is 15.8 Å². The average molecular weight is 292 g/mol. The highest BCUT2D eigenvalue weighted by Gasteiger charge is 2.06. The summed E-state index contributed by atoms with van der Waals surface area (Å²) < 4.78 is 30.9. The molecule has 6 heteroatoms. The first kappa shape index (κ1) is 14.9. The molecule has 0 spiro atoms. The summed E-state index contributed by atoms with van der Waals surface area (Å²) in [6.07, 6.45) is 0. The number of anilines is 1. The smallest absolute Gasteiger partial charge is 0.262 e. The Morgan fingerprint density at radius 3 is 2.52 bits per heavy atom. The van der Waals surface area contributed by atoms with Crippen molar-refractivity contribution in [2.24, 2.45) is 5.73 Å². The molecule has 4 nitrogen and oxygen atoms in total. The zero-order valence-corrected chi connectivity index (χ0v) is 11.1. The predicted octanol–water partition coefficient (Wildman–Crippen LogP) is 2.44. The number of hydrogen-bond acceptors (Lipinski definition) is 3. The number of benzene rings is 2. The van der Waals surface area contributed by atoms with Crippen molar-refractivity contribution in [1.29, 1.82) is 0 Å². The Balaban J connectivity index is 1.92. The summed E-state index contributed by atoms with van der Waals surface area (Å²) in [7, 11) is 0. The van der Waals surface area contributed by atoms with Crippen molar-refractivity contribution in [3.63, 3.8) is 0 Å². The van der Waals surface area contributed by atoms with E-state index in [9.17, 15) is 13.6 Å². The van der Waals surface area contributed by atoms with Gasteiger partial charge in [-0.25, -0.2) is 8.78 Å². The van der Waals surface area contributed by atoms with Crippen LogP contribution in [0.4, 0.5) is 14.5 Å². The van der Waals surface area contributed by atoms with Crippen LogP contribution in [0.5, 0.6) is 5.75 Å². The van der Waals surface area contributed by atoms with Crippen LogP contribution in [-0.4, -0.2) is 12.5 Å². The van der Waals surface area contributed by atoms with Crippen LogP contribution in [0.1, 0.15) is 5.56 Å². The lowest BCUT2D eigenvalue weighted by molar-refractivity contribution is -0.118. The van der Waals surface area contributed by atoms with E-state index in [1.807, 2.05) is 6.07 Å². The number of amides is 1. The summed E-state index contributed by atoms with van der Waals surface area (Å²) in [5.41, 5.74) is 6.96. The van der Waals surface area contributed by atoms with Crippen molar-refractivity contribution < 1.29 is 18.3 Å². The van der Waals surface area contributed by atoms with Crippen molar-refractivity contribution in [1.82, 2.24) is 0 Å². The molecule has 21 heavy (non-hydrogen) atoms. The molecule has 0 bridgehead atoms. The number of ether oxygens (including phenoxy) is 1. The highest BCUT2D eigenvalue weighted by molar-refractivity contribution is 5.91. The Bertz CT molecular complexity index is 627. The van der Waals surface area contributed by atoms with Crippen LogP contribution in [0, 0.1) is 11.6 Å². The fourth-order valence-electron chi connectivity index (χ4n) is 1.73. The standard InChI is InChI=1S/C15H14F2N2O2/c16-11-5-12(17)7-14(6-11)21-9-15(20)19-13-3-1-2-10(4-13)8-18/h1-7H,8-9,18H2,(H,19,20). The summed E-state index contributed by atoms with van der Waals surface area (Å²) >= 11 is 0. The van der Waals surface area contributed by atoms with Gasteiger partial charge in [-0.3, -0.25) is 4.79 Å². The molecule has 0 saturated heterocycles. The van der Waals surface area contributed by atoms with Crippen molar-refractivity contribution in [3.05, 3.63) is 59.7 Å². The van der Waals surface area contributed by atoms with E-state index < -0.39 is 17.5 Å². The Morgan fingerprint density at radius 1 is 1.14 bits per heavy atom. The van der Waals surface area contributed by atoms with E-state index in [1.54, 1.807) is 18.2 Å². The van der Waals surface area contributed by atoms with Gasteiger partial charge in [-0.1, -0.05) is 12.1 Å². The molecule has 2 rings (SSSR count). The minimum Gasteiger partial charge on any atom is -0.484 e. The topological polar surface area (TPSA) is 64.3 Å². The highest BCUT2D eigenvalue weighted by Crippen LogP contribution is 2.15. The SMILES string of the molecule is NCc1cccc(NC(=O)COc2cc(F)cc(F)c2)c1. The van der Waals surface area contributed by atoms with Crippen LogP contribution >= 0.6 is 0 Å². The molecule has 2 aromatic carbocycles. The monoisotopic (exact) mass is 292 g/mol. The lowest BCUT2D eigenvalue weighted by atomic mass is 10.2. The molecule has 0 heterocycles. The van der Waals surface area contributed by atoms with Crippen LogP contribution in [0.3, 0.4) is 0 Å². The molecule has 0 aromatic heterocycles. The van der Waals surface area contributed by atoms with Crippen LogP contribution < -0.4 is 15.8 Å². The number of halogens is 2. The maximum absolute atomic E-state index is 13.0. The van der Waals surface area contributed by atoms with Gasteiger partial charge in [0.05, 0.1) is 0 Å². The zero-order valence-electron chi connectivity index (χ0n) is 11.1. The molecule has 0 aliphatic carbocycles. The fourth-order valence-corrected chi connectivity index (χ4v) is 1.73. The van der Waals surface area contributed by atoms with Gasteiger partial charge in [0.2, 0.25) is 0 Å². The number of hydrogen-bond donors (Lipinski definition) is 2. The van der Waals surface area contributed by atoms with E-state index >= 15 is 0 Å². The molecule has 0 aliphatic heterocycles. The summed E-state index contributed by atoms with van der Waals surface area (Å²) in [4.78, 5) is 11.7. The van der Waals surface area contributed by atoms with E-state index in [-0.39, 0.29) is 12.4 Å². The quantitative estimate of drug-likeness (QED) is 0.889. The molecule has 0 radical (unpaired) electrons. The van der Waals surface area contributed by atoms with Crippen molar-refractivity contribution in [3.8, 4) is 5.75 Å². The number of nitrogens with one attached hydrogen (secondary N) is 1. The average Bonchev–Trinajstić information content (AvgIpc) is 2.44. The van der Waals surface area contributed by atoms with Gasteiger partial charge in [0, 0.05) is 30.4 Å². The Kier molecular flexibility index (Phi) is 4.84. The van der Waals surface area contributed by atoms with E-state index in [1.165, 1.54) is 0 Å². The molecule has 0 saturated carbocycles. The minimum absolute atomic E-state index is 0.0432. The number of carbonyl (C=O) groups excluding carboxylic acids is 1. The van der Waals surface area contributed by atoms with Crippen LogP contribution in [0.25, 0.3) is 0 Å². The Hall–Kier alpha value is -2.47. The summed E-state index contributed by atoms with van der Waals surface area (Å²) in [6, 6.07) is 9.78. The number of carbonyl (C=O) groups is 1. The molecular weight excluding hydrogens is 278 g/mol. The molecule has 0 unspecified atom stereocenters. The highest BCUT2D eigenvalue weighted by atomic mass is 19.1. The molecular formula is C15H14F2N2O2. The summed E-state index contributed by atoms with van der Waals surface area (Å²) in [5.74, 6) is -2.01. The molecule has 2 aromatic rings. The van der Waals surface area contributed by atoms with Gasteiger partial charge in [-0.05, 0) is 17.7 Å². The zero-order chi connectivity index (χ0) is 15.2. The first-order chi connectivity index (χ1) is 10.1. The van der Waals surface area contributed by atoms with Crippen molar-refractivity contribution in [2.75, 3.05) is 11.9 Å². The predicted molar refractivity (Wildman–Crippen MR) is 74.8 cm³/mol. The molecule has 0 aliphatic rings. The van der Waals surface area contributed by atoms with Gasteiger partial charge in [0.15, 0.2) is 6.61 Å². The lowest BCUT2D eigenvalue weighted by Gasteiger charge is -2.08. The normalized spacial score (nSPS) is 10.2. The fraction of sp³-hybridized carbons (Fsp3) is 0.133. The number of nitrogens with two attached hydrogens (primary N) is 1. The van der Waals surface area contributed by atoms with E-state index in [2.05, 4.69) is 5.32 Å². The van der Waals surface area contributed by atoms with Gasteiger partial charge in [-0.2, -0.15) is 0 Å². The second-order valence-electron chi connectivity index (χ2n) is 4.35. The van der Waals surface area contributed by atoms with Gasteiger partial charge in [0.1, 0.15) is 17.4 Å². The molecule has 0 fully saturated rings. The lowest BCUT2D eigenvalue weighted by Crippen LogP contribution is -2.20.